The third kappa shape index (κ3) is 2.55. The van der Waals surface area contributed by atoms with Crippen molar-refractivity contribution in [2.75, 3.05) is 0 Å². The molecule has 0 radical (unpaired) electrons. The summed E-state index contributed by atoms with van der Waals surface area (Å²) in [7, 11) is 0. The molecule has 0 saturated carbocycles. The topological polar surface area (TPSA) is 26.0 Å². The van der Waals surface area contributed by atoms with E-state index in [1.807, 2.05) is 13.0 Å². The smallest absolute Gasteiger partial charge is 0.0268 e. The van der Waals surface area contributed by atoms with Crippen LogP contribution in [0.5, 0.6) is 0 Å². The molecule has 2 N–H and O–H groups in total. The van der Waals surface area contributed by atoms with Crippen LogP contribution in [-0.4, -0.2) is 0 Å². The second-order valence-corrected chi connectivity index (χ2v) is 4.63. The lowest BCUT2D eigenvalue weighted by Gasteiger charge is -2.15. The van der Waals surface area contributed by atoms with Gasteiger partial charge in [0, 0.05) is 10.5 Å². The van der Waals surface area contributed by atoms with Crippen molar-refractivity contribution in [3.8, 4) is 0 Å². The molecular formula is C11H16BrN. The van der Waals surface area contributed by atoms with Crippen molar-refractivity contribution in [3.63, 3.8) is 0 Å². The van der Waals surface area contributed by atoms with Gasteiger partial charge < -0.3 is 5.73 Å². The number of benzene rings is 1. The molecular weight excluding hydrogens is 226 g/mol. The maximum Gasteiger partial charge on any atom is 0.0268 e. The highest BCUT2D eigenvalue weighted by Crippen LogP contribution is 2.26. The van der Waals surface area contributed by atoms with Gasteiger partial charge in [0.05, 0.1) is 0 Å². The molecule has 1 aromatic rings. The number of hydrogen-bond acceptors (Lipinski definition) is 1. The number of halogens is 1. The minimum Gasteiger partial charge on any atom is -0.324 e. The van der Waals surface area contributed by atoms with Crippen molar-refractivity contribution in [3.05, 3.63) is 33.8 Å². The zero-order valence-corrected chi connectivity index (χ0v) is 9.93. The van der Waals surface area contributed by atoms with Crippen LogP contribution in [0, 0.1) is 0 Å². The molecule has 1 unspecified atom stereocenters. The SMILES string of the molecule is CC(C)c1cc(Br)ccc1C(C)N. The third-order valence-electron chi connectivity index (χ3n) is 2.16. The van der Waals surface area contributed by atoms with Crippen molar-refractivity contribution in [2.45, 2.75) is 32.7 Å². The minimum atomic E-state index is 0.116. The molecule has 0 spiro atoms. The van der Waals surface area contributed by atoms with Gasteiger partial charge in [-0.2, -0.15) is 0 Å². The Morgan fingerprint density at radius 3 is 2.23 bits per heavy atom. The van der Waals surface area contributed by atoms with Gasteiger partial charge in [0.2, 0.25) is 0 Å². The highest BCUT2D eigenvalue weighted by Gasteiger charge is 2.09. The summed E-state index contributed by atoms with van der Waals surface area (Å²) in [5.74, 6) is 0.526. The van der Waals surface area contributed by atoms with E-state index in [4.69, 9.17) is 5.73 Å². The van der Waals surface area contributed by atoms with Crippen LogP contribution < -0.4 is 5.73 Å². The Morgan fingerprint density at radius 1 is 1.15 bits per heavy atom. The fourth-order valence-electron chi connectivity index (χ4n) is 1.46. The van der Waals surface area contributed by atoms with E-state index in [0.29, 0.717) is 5.92 Å². The highest BCUT2D eigenvalue weighted by atomic mass is 79.9. The first-order valence-corrected chi connectivity index (χ1v) is 5.36. The summed E-state index contributed by atoms with van der Waals surface area (Å²) in [5, 5.41) is 0. The van der Waals surface area contributed by atoms with Gasteiger partial charge in [-0.05, 0) is 36.1 Å². The fraction of sp³-hybridized carbons (Fsp3) is 0.455. The van der Waals surface area contributed by atoms with E-state index in [9.17, 15) is 0 Å². The summed E-state index contributed by atoms with van der Waals surface area (Å²) in [6, 6.07) is 6.42. The molecule has 0 saturated heterocycles. The maximum atomic E-state index is 5.89. The summed E-state index contributed by atoms with van der Waals surface area (Å²) < 4.78 is 1.13. The molecule has 0 fully saturated rings. The number of nitrogens with two attached hydrogens (primary N) is 1. The highest BCUT2D eigenvalue weighted by molar-refractivity contribution is 9.10. The van der Waals surface area contributed by atoms with E-state index in [1.165, 1.54) is 11.1 Å². The Balaban J connectivity index is 3.19. The fourth-order valence-corrected chi connectivity index (χ4v) is 1.84. The summed E-state index contributed by atoms with van der Waals surface area (Å²) >= 11 is 3.47. The zero-order chi connectivity index (χ0) is 10.0. The first-order valence-electron chi connectivity index (χ1n) is 4.57. The molecule has 0 aliphatic rings. The van der Waals surface area contributed by atoms with E-state index >= 15 is 0 Å². The van der Waals surface area contributed by atoms with Gasteiger partial charge in [-0.25, -0.2) is 0 Å². The van der Waals surface area contributed by atoms with Crippen LogP contribution >= 0.6 is 15.9 Å². The Labute approximate surface area is 88.5 Å². The lowest BCUT2D eigenvalue weighted by atomic mass is 9.94. The van der Waals surface area contributed by atoms with Crippen molar-refractivity contribution in [1.82, 2.24) is 0 Å². The summed E-state index contributed by atoms with van der Waals surface area (Å²) in [6.45, 7) is 6.40. The standard InChI is InChI=1S/C11H16BrN/c1-7(2)11-6-9(12)4-5-10(11)8(3)13/h4-8H,13H2,1-3H3. The summed E-state index contributed by atoms with van der Waals surface area (Å²) in [5.41, 5.74) is 8.47. The van der Waals surface area contributed by atoms with Crippen LogP contribution in [0.1, 0.15) is 43.9 Å². The van der Waals surface area contributed by atoms with E-state index in [1.54, 1.807) is 0 Å². The monoisotopic (exact) mass is 241 g/mol. The molecule has 72 valence electrons. The molecule has 0 aromatic heterocycles. The van der Waals surface area contributed by atoms with Crippen LogP contribution in [0.25, 0.3) is 0 Å². The van der Waals surface area contributed by atoms with Gasteiger partial charge in [-0.15, -0.1) is 0 Å². The molecule has 1 rings (SSSR count). The Kier molecular flexibility index (Phi) is 3.51. The summed E-state index contributed by atoms with van der Waals surface area (Å²) in [6.07, 6.45) is 0. The lowest BCUT2D eigenvalue weighted by Crippen LogP contribution is -2.09. The van der Waals surface area contributed by atoms with Gasteiger partial charge in [0.25, 0.3) is 0 Å². The Hall–Kier alpha value is -0.340. The maximum absolute atomic E-state index is 5.89. The van der Waals surface area contributed by atoms with Crippen molar-refractivity contribution >= 4 is 15.9 Å². The minimum absolute atomic E-state index is 0.116. The molecule has 1 nitrogen and oxygen atoms in total. The average Bonchev–Trinajstić information content (AvgIpc) is 2.03. The van der Waals surface area contributed by atoms with E-state index in [0.717, 1.165) is 4.47 Å². The van der Waals surface area contributed by atoms with Crippen LogP contribution in [0.15, 0.2) is 22.7 Å². The predicted octanol–water partition coefficient (Wildman–Crippen LogP) is 3.59. The van der Waals surface area contributed by atoms with Crippen molar-refractivity contribution < 1.29 is 0 Å². The molecule has 1 aromatic carbocycles. The van der Waals surface area contributed by atoms with Gasteiger partial charge in [-0.3, -0.25) is 0 Å². The first kappa shape index (κ1) is 10.7. The van der Waals surface area contributed by atoms with Crippen LogP contribution in [0.2, 0.25) is 0 Å². The molecule has 0 aliphatic carbocycles. The van der Waals surface area contributed by atoms with Crippen LogP contribution in [0.4, 0.5) is 0 Å². The molecule has 0 bridgehead atoms. The third-order valence-corrected chi connectivity index (χ3v) is 2.65. The molecule has 13 heavy (non-hydrogen) atoms. The molecule has 2 heteroatoms. The molecule has 0 heterocycles. The Morgan fingerprint density at radius 2 is 1.77 bits per heavy atom. The predicted molar refractivity (Wildman–Crippen MR) is 60.8 cm³/mol. The van der Waals surface area contributed by atoms with Crippen molar-refractivity contribution in [1.29, 1.82) is 0 Å². The second-order valence-electron chi connectivity index (χ2n) is 3.72. The zero-order valence-electron chi connectivity index (χ0n) is 8.34. The second kappa shape index (κ2) is 4.25. The van der Waals surface area contributed by atoms with Gasteiger partial charge in [-0.1, -0.05) is 35.8 Å². The molecule has 0 aliphatic heterocycles. The normalized spacial score (nSPS) is 13.4. The largest absolute Gasteiger partial charge is 0.324 e. The van der Waals surface area contributed by atoms with Crippen molar-refractivity contribution in [2.24, 2.45) is 5.73 Å². The van der Waals surface area contributed by atoms with Crippen LogP contribution in [-0.2, 0) is 0 Å². The molecule has 1 atom stereocenters. The quantitative estimate of drug-likeness (QED) is 0.842. The van der Waals surface area contributed by atoms with E-state index in [2.05, 4.69) is 41.9 Å². The first-order chi connectivity index (χ1) is 6.02. The van der Waals surface area contributed by atoms with E-state index in [-0.39, 0.29) is 6.04 Å². The van der Waals surface area contributed by atoms with Crippen LogP contribution in [0.3, 0.4) is 0 Å². The van der Waals surface area contributed by atoms with Gasteiger partial charge in [0.1, 0.15) is 0 Å². The average molecular weight is 242 g/mol. The summed E-state index contributed by atoms with van der Waals surface area (Å²) in [4.78, 5) is 0. The van der Waals surface area contributed by atoms with Gasteiger partial charge in [0.15, 0.2) is 0 Å². The number of rotatable bonds is 2. The Bertz CT molecular complexity index is 292. The number of hydrogen-bond donors (Lipinski definition) is 1. The molecule has 0 amide bonds. The van der Waals surface area contributed by atoms with E-state index < -0.39 is 0 Å². The van der Waals surface area contributed by atoms with Gasteiger partial charge >= 0.3 is 0 Å². The lowest BCUT2D eigenvalue weighted by molar-refractivity contribution is 0.764.